The number of benzene rings is 1. The Hall–Kier alpha value is -1.82. The van der Waals surface area contributed by atoms with Gasteiger partial charge in [0.1, 0.15) is 11.6 Å². The molecule has 0 fully saturated rings. The summed E-state index contributed by atoms with van der Waals surface area (Å²) in [5.41, 5.74) is 5.88. The van der Waals surface area contributed by atoms with Gasteiger partial charge < -0.3 is 20.7 Å². The summed E-state index contributed by atoms with van der Waals surface area (Å²) in [5, 5.41) is 2.93. The van der Waals surface area contributed by atoms with Crippen molar-refractivity contribution in [3.05, 3.63) is 24.0 Å². The number of hydrogen-bond acceptors (Lipinski definition) is 4. The minimum atomic E-state index is -0.406. The molecule has 0 aliphatic carbocycles. The van der Waals surface area contributed by atoms with Crippen molar-refractivity contribution in [2.45, 2.75) is 12.5 Å². The molecule has 0 saturated carbocycles. The SMILES string of the molecule is COc1ccc(F)c(NC(CN)CC(=O)N(C)C)c1. The van der Waals surface area contributed by atoms with E-state index in [0.29, 0.717) is 5.75 Å². The Bertz CT molecular complexity index is 438. The summed E-state index contributed by atoms with van der Waals surface area (Å²) in [7, 11) is 4.84. The highest BCUT2D eigenvalue weighted by Gasteiger charge is 2.15. The van der Waals surface area contributed by atoms with Gasteiger partial charge in [0.25, 0.3) is 0 Å². The van der Waals surface area contributed by atoms with E-state index in [1.54, 1.807) is 14.1 Å². The normalized spacial score (nSPS) is 11.8. The van der Waals surface area contributed by atoms with Crippen molar-refractivity contribution >= 4 is 11.6 Å². The average Bonchev–Trinajstić information content (AvgIpc) is 2.39. The van der Waals surface area contributed by atoms with Crippen molar-refractivity contribution in [3.8, 4) is 5.75 Å². The van der Waals surface area contributed by atoms with Crippen LogP contribution >= 0.6 is 0 Å². The van der Waals surface area contributed by atoms with Crippen LogP contribution in [-0.2, 0) is 4.79 Å². The zero-order chi connectivity index (χ0) is 14.4. The van der Waals surface area contributed by atoms with Gasteiger partial charge in [-0.2, -0.15) is 0 Å². The number of methoxy groups -OCH3 is 1. The van der Waals surface area contributed by atoms with Gasteiger partial charge in [0.05, 0.1) is 12.8 Å². The van der Waals surface area contributed by atoms with Crippen LogP contribution in [0.4, 0.5) is 10.1 Å². The topological polar surface area (TPSA) is 67.6 Å². The summed E-state index contributed by atoms with van der Waals surface area (Å²) in [6.45, 7) is 0.232. The van der Waals surface area contributed by atoms with E-state index in [-0.39, 0.29) is 30.6 Å². The molecule has 1 aromatic carbocycles. The number of carbonyl (C=O) groups excluding carboxylic acids is 1. The number of nitrogens with two attached hydrogens (primary N) is 1. The van der Waals surface area contributed by atoms with Crippen LogP contribution in [0.15, 0.2) is 18.2 Å². The van der Waals surface area contributed by atoms with Crippen molar-refractivity contribution in [2.75, 3.05) is 33.1 Å². The number of ether oxygens (including phenoxy) is 1. The monoisotopic (exact) mass is 269 g/mol. The molecule has 0 aliphatic heterocycles. The first-order valence-corrected chi connectivity index (χ1v) is 5.98. The molecule has 19 heavy (non-hydrogen) atoms. The smallest absolute Gasteiger partial charge is 0.224 e. The minimum absolute atomic E-state index is 0.0637. The van der Waals surface area contributed by atoms with Crippen LogP contribution in [0.2, 0.25) is 0 Å². The van der Waals surface area contributed by atoms with E-state index in [1.807, 2.05) is 0 Å². The molecule has 0 aliphatic rings. The quantitative estimate of drug-likeness (QED) is 0.810. The van der Waals surface area contributed by atoms with Crippen LogP contribution in [0.1, 0.15) is 6.42 Å². The molecular weight excluding hydrogens is 249 g/mol. The third-order valence-corrected chi connectivity index (χ3v) is 2.74. The summed E-state index contributed by atoms with van der Waals surface area (Å²) in [6, 6.07) is 4.06. The zero-order valence-corrected chi connectivity index (χ0v) is 11.4. The van der Waals surface area contributed by atoms with Gasteiger partial charge in [0.15, 0.2) is 0 Å². The summed E-state index contributed by atoms with van der Waals surface area (Å²) >= 11 is 0. The van der Waals surface area contributed by atoms with Gasteiger partial charge in [0, 0.05) is 39.2 Å². The molecule has 5 nitrogen and oxygen atoms in total. The van der Waals surface area contributed by atoms with Crippen LogP contribution in [0.3, 0.4) is 0 Å². The minimum Gasteiger partial charge on any atom is -0.497 e. The third kappa shape index (κ3) is 4.40. The van der Waals surface area contributed by atoms with Gasteiger partial charge in [-0.05, 0) is 12.1 Å². The molecule has 106 valence electrons. The molecule has 1 amide bonds. The molecule has 1 aromatic rings. The summed E-state index contributed by atoms with van der Waals surface area (Å²) in [6.07, 6.45) is 0.208. The van der Waals surface area contributed by atoms with Gasteiger partial charge in [-0.1, -0.05) is 0 Å². The maximum atomic E-state index is 13.6. The van der Waals surface area contributed by atoms with E-state index in [4.69, 9.17) is 10.5 Å². The average molecular weight is 269 g/mol. The van der Waals surface area contributed by atoms with E-state index in [2.05, 4.69) is 5.32 Å². The van der Waals surface area contributed by atoms with Gasteiger partial charge in [-0.25, -0.2) is 4.39 Å². The number of carbonyl (C=O) groups is 1. The van der Waals surface area contributed by atoms with E-state index < -0.39 is 5.82 Å². The van der Waals surface area contributed by atoms with Crippen molar-refractivity contribution < 1.29 is 13.9 Å². The number of amides is 1. The lowest BCUT2D eigenvalue weighted by molar-refractivity contribution is -0.128. The Morgan fingerprint density at radius 3 is 2.74 bits per heavy atom. The van der Waals surface area contributed by atoms with E-state index >= 15 is 0 Å². The van der Waals surface area contributed by atoms with Gasteiger partial charge in [-0.15, -0.1) is 0 Å². The molecule has 1 rings (SSSR count). The molecule has 6 heteroatoms. The highest BCUT2D eigenvalue weighted by molar-refractivity contribution is 5.76. The number of hydrogen-bond donors (Lipinski definition) is 2. The van der Waals surface area contributed by atoms with Crippen LogP contribution < -0.4 is 15.8 Å². The van der Waals surface area contributed by atoms with Crippen LogP contribution in [0.5, 0.6) is 5.75 Å². The van der Waals surface area contributed by atoms with Crippen molar-refractivity contribution in [1.29, 1.82) is 0 Å². The number of anilines is 1. The van der Waals surface area contributed by atoms with Crippen LogP contribution in [0.25, 0.3) is 0 Å². The van der Waals surface area contributed by atoms with E-state index in [0.717, 1.165) is 0 Å². The Labute approximate surface area is 112 Å². The Morgan fingerprint density at radius 2 is 2.21 bits per heavy atom. The molecule has 0 aromatic heterocycles. The van der Waals surface area contributed by atoms with Gasteiger partial charge >= 0.3 is 0 Å². The third-order valence-electron chi connectivity index (χ3n) is 2.74. The Kier molecular flexibility index (Phi) is 5.57. The maximum Gasteiger partial charge on any atom is 0.224 e. The number of nitrogens with one attached hydrogen (secondary N) is 1. The first-order valence-electron chi connectivity index (χ1n) is 5.98. The Balaban J connectivity index is 2.77. The summed E-state index contributed by atoms with van der Waals surface area (Å²) in [4.78, 5) is 13.1. The fourth-order valence-corrected chi connectivity index (χ4v) is 1.55. The summed E-state index contributed by atoms with van der Waals surface area (Å²) in [5.74, 6) is 0.0708. The number of nitrogens with zero attached hydrogens (tertiary/aromatic N) is 1. The highest BCUT2D eigenvalue weighted by Crippen LogP contribution is 2.22. The molecular formula is C13H20FN3O2. The lowest BCUT2D eigenvalue weighted by atomic mass is 10.1. The van der Waals surface area contributed by atoms with Crippen LogP contribution in [0, 0.1) is 5.82 Å². The molecule has 0 saturated heterocycles. The number of rotatable bonds is 6. The standard InChI is InChI=1S/C13H20FN3O2/c1-17(2)13(18)6-9(8-15)16-12-7-10(19-3)4-5-11(12)14/h4-5,7,9,16H,6,8,15H2,1-3H3. The van der Waals surface area contributed by atoms with Gasteiger partial charge in [0.2, 0.25) is 5.91 Å². The summed E-state index contributed by atoms with van der Waals surface area (Å²) < 4.78 is 18.7. The fraction of sp³-hybridized carbons (Fsp3) is 0.462. The predicted octanol–water partition coefficient (Wildman–Crippen LogP) is 1.05. The predicted molar refractivity (Wildman–Crippen MR) is 72.7 cm³/mol. The second-order valence-corrected chi connectivity index (χ2v) is 4.42. The molecule has 3 N–H and O–H groups in total. The lowest BCUT2D eigenvalue weighted by Crippen LogP contribution is -2.35. The van der Waals surface area contributed by atoms with Gasteiger partial charge in [-0.3, -0.25) is 4.79 Å². The van der Waals surface area contributed by atoms with E-state index in [1.165, 1.54) is 30.2 Å². The molecule has 1 atom stereocenters. The van der Waals surface area contributed by atoms with Crippen molar-refractivity contribution in [3.63, 3.8) is 0 Å². The first kappa shape index (κ1) is 15.2. The molecule has 0 spiro atoms. The fourth-order valence-electron chi connectivity index (χ4n) is 1.55. The molecule has 0 heterocycles. The second kappa shape index (κ2) is 6.94. The molecule has 0 bridgehead atoms. The van der Waals surface area contributed by atoms with E-state index in [9.17, 15) is 9.18 Å². The van der Waals surface area contributed by atoms with Crippen molar-refractivity contribution in [1.82, 2.24) is 4.90 Å². The maximum absolute atomic E-state index is 13.6. The lowest BCUT2D eigenvalue weighted by Gasteiger charge is -2.20. The Morgan fingerprint density at radius 1 is 1.53 bits per heavy atom. The second-order valence-electron chi connectivity index (χ2n) is 4.42. The zero-order valence-electron chi connectivity index (χ0n) is 11.4. The molecule has 0 radical (unpaired) electrons. The largest absolute Gasteiger partial charge is 0.497 e. The highest BCUT2D eigenvalue weighted by atomic mass is 19.1. The first-order chi connectivity index (χ1) is 8.97. The number of halogens is 1. The van der Waals surface area contributed by atoms with Crippen molar-refractivity contribution in [2.24, 2.45) is 5.73 Å². The molecule has 1 unspecified atom stereocenters. The van der Waals surface area contributed by atoms with Crippen LogP contribution in [-0.4, -0.2) is 44.6 Å².